The highest BCUT2D eigenvalue weighted by atomic mass is 16.5. The second-order valence-electron chi connectivity index (χ2n) is 8.63. The van der Waals surface area contributed by atoms with Gasteiger partial charge in [-0.05, 0) is 52.0 Å². The Bertz CT molecular complexity index is 1470. The quantitative estimate of drug-likeness (QED) is 0.403. The van der Waals surface area contributed by atoms with Crippen LogP contribution in [0.2, 0.25) is 0 Å². The van der Waals surface area contributed by atoms with Gasteiger partial charge in [-0.25, -0.2) is 9.36 Å². The number of carbonyl (C=O) groups is 2. The summed E-state index contributed by atoms with van der Waals surface area (Å²) in [6.07, 6.45) is -1.11. The van der Waals surface area contributed by atoms with Crippen molar-refractivity contribution in [2.75, 3.05) is 5.32 Å². The monoisotopic (exact) mass is 487 g/mol. The maximum Gasteiger partial charge on any atom is 0.311 e. The highest BCUT2D eigenvalue weighted by Crippen LogP contribution is 2.19. The molecule has 9 nitrogen and oxygen atoms in total. The fraction of sp³-hybridized carbons (Fsp3) is 0.259. The Morgan fingerprint density at radius 1 is 0.944 bits per heavy atom. The highest BCUT2D eigenvalue weighted by Gasteiger charge is 2.24. The van der Waals surface area contributed by atoms with E-state index in [2.05, 4.69) is 10.4 Å². The van der Waals surface area contributed by atoms with E-state index >= 15 is 0 Å². The van der Waals surface area contributed by atoms with E-state index in [9.17, 15) is 14.4 Å². The molecule has 0 fully saturated rings. The van der Waals surface area contributed by atoms with E-state index in [4.69, 9.17) is 4.74 Å². The van der Waals surface area contributed by atoms with E-state index in [-0.39, 0.29) is 17.7 Å². The van der Waals surface area contributed by atoms with Crippen LogP contribution in [0.15, 0.2) is 65.5 Å². The highest BCUT2D eigenvalue weighted by molar-refractivity contribution is 5.95. The fourth-order valence-electron chi connectivity index (χ4n) is 4.13. The van der Waals surface area contributed by atoms with Crippen LogP contribution in [0.5, 0.6) is 0 Å². The summed E-state index contributed by atoms with van der Waals surface area (Å²) in [5.74, 6) is -1.13. The minimum atomic E-state index is -1.09. The Morgan fingerprint density at radius 2 is 1.53 bits per heavy atom. The summed E-state index contributed by atoms with van der Waals surface area (Å²) in [6.45, 7) is 6.94. The lowest BCUT2D eigenvalue weighted by Crippen LogP contribution is -2.32. The molecule has 0 spiro atoms. The third-order valence-corrected chi connectivity index (χ3v) is 6.24. The molecule has 0 bridgehead atoms. The molecule has 4 aromatic rings. The minimum Gasteiger partial charge on any atom is -0.452 e. The number of aryl methyl sites for hydroxylation is 1. The molecule has 36 heavy (non-hydrogen) atoms. The number of para-hydroxylation sites is 2. The summed E-state index contributed by atoms with van der Waals surface area (Å²) >= 11 is 0. The average Bonchev–Trinajstić information content (AvgIpc) is 3.26. The van der Waals surface area contributed by atoms with Gasteiger partial charge in [0.2, 0.25) is 0 Å². The Balaban J connectivity index is 1.46. The van der Waals surface area contributed by atoms with Crippen molar-refractivity contribution >= 4 is 17.6 Å². The minimum absolute atomic E-state index is 0.0205. The van der Waals surface area contributed by atoms with Gasteiger partial charge in [0.25, 0.3) is 11.5 Å². The Morgan fingerprint density at radius 3 is 2.14 bits per heavy atom. The summed E-state index contributed by atoms with van der Waals surface area (Å²) in [4.78, 5) is 38.6. The molecule has 1 N–H and O–H groups in total. The van der Waals surface area contributed by atoms with Crippen LogP contribution < -0.4 is 10.9 Å². The lowest BCUT2D eigenvalue weighted by atomic mass is 10.1. The molecule has 0 aliphatic rings. The van der Waals surface area contributed by atoms with Gasteiger partial charge >= 0.3 is 5.97 Å². The number of hydrogen-bond donors (Lipinski definition) is 1. The Labute approximate surface area is 208 Å². The van der Waals surface area contributed by atoms with Crippen LogP contribution in [-0.4, -0.2) is 37.1 Å². The van der Waals surface area contributed by atoms with E-state index in [1.165, 1.54) is 11.6 Å². The zero-order valence-electron chi connectivity index (χ0n) is 21.0. The van der Waals surface area contributed by atoms with Crippen LogP contribution in [0, 0.1) is 20.8 Å². The van der Waals surface area contributed by atoms with Gasteiger partial charge < -0.3 is 10.1 Å². The van der Waals surface area contributed by atoms with Crippen LogP contribution in [0.1, 0.15) is 29.6 Å². The van der Waals surface area contributed by atoms with Crippen molar-refractivity contribution in [3.63, 3.8) is 0 Å². The molecule has 1 unspecified atom stereocenters. The number of esters is 1. The van der Waals surface area contributed by atoms with Crippen LogP contribution in [0.4, 0.5) is 5.69 Å². The number of ether oxygens (including phenoxy) is 1. The molecule has 1 amide bonds. The molecule has 2 heterocycles. The average molecular weight is 488 g/mol. The van der Waals surface area contributed by atoms with Crippen LogP contribution in [-0.2, 0) is 27.8 Å². The molecule has 0 radical (unpaired) electrons. The molecule has 4 rings (SSSR count). The first-order valence-electron chi connectivity index (χ1n) is 11.6. The number of carbonyl (C=O) groups excluding carboxylic acids is 2. The maximum absolute atomic E-state index is 13.0. The van der Waals surface area contributed by atoms with Crippen LogP contribution in [0.3, 0.4) is 0 Å². The Kier molecular flexibility index (Phi) is 6.91. The van der Waals surface area contributed by atoms with Gasteiger partial charge in [-0.3, -0.25) is 19.1 Å². The summed E-state index contributed by atoms with van der Waals surface area (Å²) in [5.41, 5.74) is 4.22. The van der Waals surface area contributed by atoms with Crippen molar-refractivity contribution < 1.29 is 14.3 Å². The maximum atomic E-state index is 13.0. The third kappa shape index (κ3) is 4.72. The number of rotatable bonds is 7. The lowest BCUT2D eigenvalue weighted by molar-refractivity contribution is -0.152. The summed E-state index contributed by atoms with van der Waals surface area (Å²) < 4.78 is 10.3. The first-order chi connectivity index (χ1) is 17.2. The van der Waals surface area contributed by atoms with Crippen molar-refractivity contribution in [2.45, 2.75) is 40.2 Å². The van der Waals surface area contributed by atoms with Gasteiger partial charge in [0.05, 0.1) is 29.2 Å². The first kappa shape index (κ1) is 24.7. The standard InChI is InChI=1S/C27H29N5O4/c1-17-23(18(2)31(29-17)21-12-8-6-9-13-21)16-24(33)36-20(4)26(34)28-25-19(3)30(5)32(27(25)35)22-14-10-7-11-15-22/h6-15,20H,16H2,1-5H3,(H,28,34). The van der Waals surface area contributed by atoms with Gasteiger partial charge in [0, 0.05) is 18.3 Å². The van der Waals surface area contributed by atoms with Crippen LogP contribution in [0.25, 0.3) is 11.4 Å². The molecule has 0 aliphatic heterocycles. The topological polar surface area (TPSA) is 100 Å². The number of hydrogen-bond acceptors (Lipinski definition) is 5. The number of aromatic nitrogens is 4. The predicted octanol–water partition coefficient (Wildman–Crippen LogP) is 3.40. The van der Waals surface area contributed by atoms with Gasteiger partial charge in [-0.15, -0.1) is 0 Å². The first-order valence-corrected chi connectivity index (χ1v) is 11.6. The van der Waals surface area contributed by atoms with E-state index in [0.717, 1.165) is 16.9 Å². The summed E-state index contributed by atoms with van der Waals surface area (Å²) in [7, 11) is 1.74. The molecule has 9 heteroatoms. The molecule has 0 saturated heterocycles. The third-order valence-electron chi connectivity index (χ3n) is 6.24. The zero-order chi connectivity index (χ0) is 26.0. The number of anilines is 1. The van der Waals surface area contributed by atoms with E-state index in [1.54, 1.807) is 35.5 Å². The zero-order valence-corrected chi connectivity index (χ0v) is 21.0. The fourth-order valence-corrected chi connectivity index (χ4v) is 4.13. The largest absolute Gasteiger partial charge is 0.452 e. The molecule has 0 saturated carbocycles. The van der Waals surface area contributed by atoms with Crippen molar-refractivity contribution in [3.8, 4) is 11.4 Å². The number of nitrogens with zero attached hydrogens (tertiary/aromatic N) is 4. The number of amides is 1. The van der Waals surface area contributed by atoms with Gasteiger partial charge in [-0.2, -0.15) is 5.10 Å². The SMILES string of the molecule is Cc1nn(-c2ccccc2)c(C)c1CC(=O)OC(C)C(=O)Nc1c(C)n(C)n(-c2ccccc2)c1=O. The number of benzene rings is 2. The number of nitrogens with one attached hydrogen (secondary N) is 1. The molecule has 186 valence electrons. The van der Waals surface area contributed by atoms with E-state index in [1.807, 2.05) is 62.4 Å². The molecular formula is C27H29N5O4. The van der Waals surface area contributed by atoms with Gasteiger partial charge in [0.15, 0.2) is 6.10 Å². The van der Waals surface area contributed by atoms with Crippen molar-refractivity contribution in [3.05, 3.63) is 93.7 Å². The summed E-state index contributed by atoms with van der Waals surface area (Å²) in [6, 6.07) is 18.8. The van der Waals surface area contributed by atoms with Crippen LogP contribution >= 0.6 is 0 Å². The lowest BCUT2D eigenvalue weighted by Gasteiger charge is -2.13. The molecule has 1 atom stereocenters. The second-order valence-corrected chi connectivity index (χ2v) is 8.63. The van der Waals surface area contributed by atoms with E-state index < -0.39 is 18.0 Å². The van der Waals surface area contributed by atoms with E-state index in [0.29, 0.717) is 17.1 Å². The van der Waals surface area contributed by atoms with Gasteiger partial charge in [0.1, 0.15) is 5.69 Å². The molecule has 0 aliphatic carbocycles. The molecule has 2 aromatic carbocycles. The normalized spacial score (nSPS) is 11.8. The summed E-state index contributed by atoms with van der Waals surface area (Å²) in [5, 5.41) is 7.19. The van der Waals surface area contributed by atoms with Crippen molar-refractivity contribution in [2.24, 2.45) is 7.05 Å². The van der Waals surface area contributed by atoms with Crippen molar-refractivity contribution in [1.29, 1.82) is 0 Å². The molecule has 2 aromatic heterocycles. The molecular weight excluding hydrogens is 458 g/mol. The Hall–Kier alpha value is -4.40. The van der Waals surface area contributed by atoms with Crippen molar-refractivity contribution in [1.82, 2.24) is 19.1 Å². The second kappa shape index (κ2) is 10.1. The predicted molar refractivity (Wildman–Crippen MR) is 137 cm³/mol. The van der Waals surface area contributed by atoms with Gasteiger partial charge in [-0.1, -0.05) is 36.4 Å². The smallest absolute Gasteiger partial charge is 0.311 e.